The summed E-state index contributed by atoms with van der Waals surface area (Å²) in [5.74, 6) is -1.78. The van der Waals surface area contributed by atoms with Gasteiger partial charge in [-0.05, 0) is 36.9 Å². The van der Waals surface area contributed by atoms with E-state index in [1.165, 1.54) is 0 Å². The van der Waals surface area contributed by atoms with Crippen LogP contribution in [0, 0.1) is 11.6 Å². The minimum atomic E-state index is -0.724. The highest BCUT2D eigenvalue weighted by Gasteiger charge is 2.09. The van der Waals surface area contributed by atoms with E-state index in [1.54, 1.807) is 7.05 Å². The van der Waals surface area contributed by atoms with Gasteiger partial charge in [0.2, 0.25) is 5.91 Å². The van der Waals surface area contributed by atoms with Crippen LogP contribution in [0.4, 0.5) is 14.5 Å². The maximum absolute atomic E-state index is 13.1. The highest BCUT2D eigenvalue weighted by atomic mass is 79.9. The first kappa shape index (κ1) is 16.6. The van der Waals surface area contributed by atoms with Crippen molar-refractivity contribution in [3.8, 4) is 0 Å². The quantitative estimate of drug-likeness (QED) is 0.870. The number of nitrogens with one attached hydrogen (secondary N) is 1. The SMILES string of the molecule is CN(CC(=O)Nc1cc(F)cc(F)c1)Cc1ccc(Br)cc1. The van der Waals surface area contributed by atoms with E-state index in [9.17, 15) is 13.6 Å². The number of anilines is 1. The summed E-state index contributed by atoms with van der Waals surface area (Å²) in [4.78, 5) is 13.7. The lowest BCUT2D eigenvalue weighted by Crippen LogP contribution is -2.29. The van der Waals surface area contributed by atoms with E-state index in [4.69, 9.17) is 0 Å². The van der Waals surface area contributed by atoms with Gasteiger partial charge in [0.1, 0.15) is 11.6 Å². The summed E-state index contributed by atoms with van der Waals surface area (Å²) in [6.07, 6.45) is 0. The Hall–Kier alpha value is -1.79. The average molecular weight is 369 g/mol. The second-order valence-electron chi connectivity index (χ2n) is 5.01. The minimum absolute atomic E-state index is 0.111. The Kier molecular flexibility index (Phi) is 5.63. The molecule has 22 heavy (non-hydrogen) atoms. The zero-order valence-corrected chi connectivity index (χ0v) is 13.5. The maximum Gasteiger partial charge on any atom is 0.238 e. The Labute approximate surface area is 136 Å². The van der Waals surface area contributed by atoms with Gasteiger partial charge < -0.3 is 5.32 Å². The molecule has 0 saturated heterocycles. The molecule has 0 aliphatic carbocycles. The molecule has 1 N–H and O–H groups in total. The Morgan fingerprint density at radius 2 is 1.73 bits per heavy atom. The molecule has 0 aliphatic rings. The molecular formula is C16H15BrF2N2O. The molecule has 0 unspecified atom stereocenters. The molecule has 0 atom stereocenters. The van der Waals surface area contributed by atoms with Crippen LogP contribution in [0.15, 0.2) is 46.9 Å². The molecule has 0 bridgehead atoms. The van der Waals surface area contributed by atoms with Gasteiger partial charge in [-0.25, -0.2) is 8.78 Å². The van der Waals surface area contributed by atoms with Crippen LogP contribution in [0.25, 0.3) is 0 Å². The number of nitrogens with zero attached hydrogens (tertiary/aromatic N) is 1. The number of halogens is 3. The predicted molar refractivity (Wildman–Crippen MR) is 85.5 cm³/mol. The van der Waals surface area contributed by atoms with Crippen molar-refractivity contribution in [1.82, 2.24) is 4.90 Å². The molecule has 1 amide bonds. The van der Waals surface area contributed by atoms with Crippen LogP contribution in [0.1, 0.15) is 5.56 Å². The van der Waals surface area contributed by atoms with Crippen molar-refractivity contribution < 1.29 is 13.6 Å². The predicted octanol–water partition coefficient (Wildman–Crippen LogP) is 3.80. The van der Waals surface area contributed by atoms with E-state index in [0.29, 0.717) is 6.54 Å². The average Bonchev–Trinajstić information content (AvgIpc) is 2.39. The summed E-state index contributed by atoms with van der Waals surface area (Å²) in [6, 6.07) is 10.7. The molecule has 2 aromatic carbocycles. The third-order valence-corrected chi connectivity index (χ3v) is 3.45. The largest absolute Gasteiger partial charge is 0.325 e. The van der Waals surface area contributed by atoms with E-state index < -0.39 is 11.6 Å². The lowest BCUT2D eigenvalue weighted by Gasteiger charge is -2.16. The van der Waals surface area contributed by atoms with Crippen LogP contribution in [0.2, 0.25) is 0 Å². The van der Waals surface area contributed by atoms with Crippen molar-refractivity contribution in [3.05, 3.63) is 64.1 Å². The molecule has 0 saturated carbocycles. The molecule has 6 heteroatoms. The smallest absolute Gasteiger partial charge is 0.238 e. The van der Waals surface area contributed by atoms with Gasteiger partial charge >= 0.3 is 0 Å². The Morgan fingerprint density at radius 3 is 2.32 bits per heavy atom. The van der Waals surface area contributed by atoms with Crippen molar-refractivity contribution >= 4 is 27.5 Å². The van der Waals surface area contributed by atoms with Gasteiger partial charge in [-0.15, -0.1) is 0 Å². The van der Waals surface area contributed by atoms with Crippen LogP contribution >= 0.6 is 15.9 Å². The summed E-state index contributed by atoms with van der Waals surface area (Å²) >= 11 is 3.36. The molecule has 0 aromatic heterocycles. The van der Waals surface area contributed by atoms with Gasteiger partial charge in [0.15, 0.2) is 0 Å². The van der Waals surface area contributed by atoms with Crippen LogP contribution in [-0.2, 0) is 11.3 Å². The molecule has 2 aromatic rings. The van der Waals surface area contributed by atoms with Gasteiger partial charge in [0.25, 0.3) is 0 Å². The van der Waals surface area contributed by atoms with E-state index in [2.05, 4.69) is 21.2 Å². The number of amides is 1. The molecule has 2 rings (SSSR count). The fraction of sp³-hybridized carbons (Fsp3) is 0.188. The zero-order chi connectivity index (χ0) is 16.1. The lowest BCUT2D eigenvalue weighted by molar-refractivity contribution is -0.117. The topological polar surface area (TPSA) is 32.3 Å². The van der Waals surface area contributed by atoms with Crippen LogP contribution in [-0.4, -0.2) is 24.4 Å². The molecule has 0 radical (unpaired) electrons. The zero-order valence-electron chi connectivity index (χ0n) is 11.9. The second kappa shape index (κ2) is 7.47. The molecule has 0 aliphatic heterocycles. The highest BCUT2D eigenvalue weighted by molar-refractivity contribution is 9.10. The third-order valence-electron chi connectivity index (χ3n) is 2.93. The van der Waals surface area contributed by atoms with E-state index >= 15 is 0 Å². The Bertz CT molecular complexity index is 641. The number of hydrogen-bond acceptors (Lipinski definition) is 2. The standard InChI is InChI=1S/C16H15BrF2N2O/c1-21(9-11-2-4-12(17)5-3-11)10-16(22)20-15-7-13(18)6-14(19)8-15/h2-8H,9-10H2,1H3,(H,20,22). The number of carbonyl (C=O) groups excluding carboxylic acids is 1. The number of likely N-dealkylation sites (N-methyl/N-ethyl adjacent to an activating group) is 1. The van der Waals surface area contributed by atoms with E-state index in [0.717, 1.165) is 28.2 Å². The van der Waals surface area contributed by atoms with E-state index in [1.807, 2.05) is 29.2 Å². The van der Waals surface area contributed by atoms with E-state index in [-0.39, 0.29) is 18.1 Å². The highest BCUT2D eigenvalue weighted by Crippen LogP contribution is 2.14. The fourth-order valence-electron chi connectivity index (χ4n) is 2.03. The normalized spacial score (nSPS) is 10.8. The van der Waals surface area contributed by atoms with Crippen molar-refractivity contribution in [1.29, 1.82) is 0 Å². The van der Waals surface area contributed by atoms with Crippen LogP contribution in [0.3, 0.4) is 0 Å². The number of rotatable bonds is 5. The van der Waals surface area contributed by atoms with Crippen molar-refractivity contribution in [2.45, 2.75) is 6.54 Å². The molecule has 0 spiro atoms. The maximum atomic E-state index is 13.1. The van der Waals surface area contributed by atoms with Gasteiger partial charge in [0, 0.05) is 22.8 Å². The number of carbonyl (C=O) groups is 1. The summed E-state index contributed by atoms with van der Waals surface area (Å²) < 4.78 is 27.1. The van der Waals surface area contributed by atoms with Crippen molar-refractivity contribution in [2.75, 3.05) is 18.9 Å². The summed E-state index contributed by atoms with van der Waals surface area (Å²) in [5.41, 5.74) is 1.18. The monoisotopic (exact) mass is 368 g/mol. The van der Waals surface area contributed by atoms with Gasteiger partial charge in [-0.1, -0.05) is 28.1 Å². The molecule has 0 heterocycles. The third kappa shape index (κ3) is 5.20. The van der Waals surface area contributed by atoms with Gasteiger partial charge in [0.05, 0.1) is 6.54 Å². The van der Waals surface area contributed by atoms with Gasteiger partial charge in [-0.3, -0.25) is 9.69 Å². The van der Waals surface area contributed by atoms with Crippen LogP contribution in [0.5, 0.6) is 0 Å². The molecular weight excluding hydrogens is 354 g/mol. The van der Waals surface area contributed by atoms with Crippen molar-refractivity contribution in [3.63, 3.8) is 0 Å². The van der Waals surface area contributed by atoms with Crippen molar-refractivity contribution in [2.24, 2.45) is 0 Å². The molecule has 116 valence electrons. The lowest BCUT2D eigenvalue weighted by atomic mass is 10.2. The first-order chi connectivity index (χ1) is 10.4. The fourth-order valence-corrected chi connectivity index (χ4v) is 2.29. The minimum Gasteiger partial charge on any atom is -0.325 e. The Morgan fingerprint density at radius 1 is 1.14 bits per heavy atom. The molecule has 3 nitrogen and oxygen atoms in total. The van der Waals surface area contributed by atoms with Gasteiger partial charge in [-0.2, -0.15) is 0 Å². The number of benzene rings is 2. The first-order valence-electron chi connectivity index (χ1n) is 6.61. The summed E-state index contributed by atoms with van der Waals surface area (Å²) in [7, 11) is 1.80. The van der Waals surface area contributed by atoms with Crippen LogP contribution < -0.4 is 5.32 Å². The first-order valence-corrected chi connectivity index (χ1v) is 7.40. The molecule has 0 fully saturated rings. The summed E-state index contributed by atoms with van der Waals surface area (Å²) in [6.45, 7) is 0.715. The summed E-state index contributed by atoms with van der Waals surface area (Å²) in [5, 5.41) is 2.48. The number of hydrogen-bond donors (Lipinski definition) is 1. The second-order valence-corrected chi connectivity index (χ2v) is 5.92. The Balaban J connectivity index is 1.89.